The third kappa shape index (κ3) is 9.31. The Balaban J connectivity index is 1.44. The van der Waals surface area contributed by atoms with Crippen molar-refractivity contribution in [1.82, 2.24) is 19.8 Å². The van der Waals surface area contributed by atoms with Crippen LogP contribution < -0.4 is 5.32 Å². The van der Waals surface area contributed by atoms with Crippen LogP contribution in [-0.2, 0) is 24.4 Å². The summed E-state index contributed by atoms with van der Waals surface area (Å²) in [6.45, 7) is 19.4. The predicted molar refractivity (Wildman–Crippen MR) is 201 cm³/mol. The second kappa shape index (κ2) is 15.8. The van der Waals surface area contributed by atoms with Crippen molar-refractivity contribution in [2.75, 3.05) is 58.4 Å². The SMILES string of the molecule is COCCCNc1nc(C(C)(C)C)ncc1C(=O)CC1(CC(C)C)CC12C[C@@H](C(=O)N1CCOC(c3ccccc3)C1)CN(C(=O)OC(C)(C)C)C2. The van der Waals surface area contributed by atoms with Gasteiger partial charge in [-0.25, -0.2) is 14.8 Å². The van der Waals surface area contributed by atoms with E-state index >= 15 is 0 Å². The van der Waals surface area contributed by atoms with E-state index in [2.05, 4.69) is 44.9 Å². The molecule has 1 aliphatic carbocycles. The van der Waals surface area contributed by atoms with Gasteiger partial charge in [0, 0.05) is 57.9 Å². The Bertz CT molecular complexity index is 1570. The summed E-state index contributed by atoms with van der Waals surface area (Å²) in [5, 5.41) is 3.40. The lowest BCUT2D eigenvalue weighted by Gasteiger charge is -2.43. The van der Waals surface area contributed by atoms with Crippen LogP contribution in [-0.4, -0.2) is 96.2 Å². The van der Waals surface area contributed by atoms with Crippen LogP contribution in [0.5, 0.6) is 0 Å². The van der Waals surface area contributed by atoms with Crippen molar-refractivity contribution in [3.63, 3.8) is 0 Å². The van der Waals surface area contributed by atoms with Crippen LogP contribution in [0.2, 0.25) is 0 Å². The van der Waals surface area contributed by atoms with E-state index in [1.54, 1.807) is 18.2 Å². The fourth-order valence-corrected chi connectivity index (χ4v) is 8.32. The monoisotopic (exact) mass is 719 g/mol. The first-order valence-corrected chi connectivity index (χ1v) is 19.0. The molecule has 3 unspecified atom stereocenters. The van der Waals surface area contributed by atoms with Gasteiger partial charge in [0.2, 0.25) is 5.91 Å². The molecule has 2 amide bonds. The van der Waals surface area contributed by atoms with Crippen molar-refractivity contribution in [2.45, 2.75) is 105 Å². The van der Waals surface area contributed by atoms with E-state index in [1.807, 2.05) is 56.0 Å². The van der Waals surface area contributed by atoms with Gasteiger partial charge in [-0.2, -0.15) is 0 Å². The third-order valence-electron chi connectivity index (χ3n) is 10.7. The number of ether oxygens (including phenoxy) is 3. The lowest BCUT2D eigenvalue weighted by atomic mass is 9.74. The van der Waals surface area contributed by atoms with E-state index < -0.39 is 28.4 Å². The van der Waals surface area contributed by atoms with Crippen molar-refractivity contribution in [2.24, 2.45) is 22.7 Å². The fraction of sp³-hybridized carbons (Fsp3) is 0.683. The van der Waals surface area contributed by atoms with Crippen LogP contribution in [0.15, 0.2) is 36.5 Å². The van der Waals surface area contributed by atoms with Gasteiger partial charge in [-0.3, -0.25) is 9.59 Å². The van der Waals surface area contributed by atoms with E-state index in [9.17, 15) is 14.4 Å². The number of morpholine rings is 1. The number of hydrogen-bond donors (Lipinski definition) is 1. The van der Waals surface area contributed by atoms with Crippen LogP contribution >= 0.6 is 0 Å². The van der Waals surface area contributed by atoms with Crippen LogP contribution in [0.25, 0.3) is 0 Å². The van der Waals surface area contributed by atoms with Crippen molar-refractivity contribution < 1.29 is 28.6 Å². The molecule has 4 atom stereocenters. The number of aromatic nitrogens is 2. The summed E-state index contributed by atoms with van der Waals surface area (Å²) in [7, 11) is 1.67. The predicted octanol–water partition coefficient (Wildman–Crippen LogP) is 7.08. The Morgan fingerprint density at radius 3 is 2.44 bits per heavy atom. The first-order valence-electron chi connectivity index (χ1n) is 19.0. The lowest BCUT2D eigenvalue weighted by molar-refractivity contribution is -0.146. The minimum Gasteiger partial charge on any atom is -0.444 e. The highest BCUT2D eigenvalue weighted by atomic mass is 16.6. The zero-order valence-electron chi connectivity index (χ0n) is 32.9. The highest BCUT2D eigenvalue weighted by Gasteiger charge is 2.70. The highest BCUT2D eigenvalue weighted by Crippen LogP contribution is 2.73. The Morgan fingerprint density at radius 1 is 1.06 bits per heavy atom. The Hall–Kier alpha value is -3.57. The largest absolute Gasteiger partial charge is 0.444 e. The van der Waals surface area contributed by atoms with Crippen molar-refractivity contribution in [1.29, 1.82) is 0 Å². The number of amides is 2. The molecule has 1 aromatic heterocycles. The number of Topliss-reactive ketones (excluding diaryl/α,β-unsaturated/α-hetero) is 1. The van der Waals surface area contributed by atoms with E-state index in [4.69, 9.17) is 19.2 Å². The number of piperidine rings is 1. The van der Waals surface area contributed by atoms with Gasteiger partial charge in [-0.05, 0) is 68.8 Å². The molecule has 3 heterocycles. The molecule has 11 heteroatoms. The molecule has 52 heavy (non-hydrogen) atoms. The van der Waals surface area contributed by atoms with Crippen molar-refractivity contribution in [3.8, 4) is 0 Å². The molecule has 3 aliphatic rings. The summed E-state index contributed by atoms with van der Waals surface area (Å²) in [6, 6.07) is 10.00. The van der Waals surface area contributed by atoms with Gasteiger partial charge in [-0.1, -0.05) is 65.0 Å². The number of nitrogens with zero attached hydrogens (tertiary/aromatic N) is 4. The number of ketones is 1. The molecule has 1 saturated carbocycles. The number of likely N-dealkylation sites (tertiary alicyclic amines) is 1. The molecule has 1 spiro atoms. The Morgan fingerprint density at radius 2 is 1.79 bits per heavy atom. The number of anilines is 1. The van der Waals surface area contributed by atoms with Crippen molar-refractivity contribution in [3.05, 3.63) is 53.5 Å². The van der Waals surface area contributed by atoms with Gasteiger partial charge >= 0.3 is 6.09 Å². The molecule has 0 radical (unpaired) electrons. The van der Waals surface area contributed by atoms with Crippen LogP contribution in [0.4, 0.5) is 10.6 Å². The maximum Gasteiger partial charge on any atom is 0.410 e. The molecule has 0 bridgehead atoms. The minimum atomic E-state index is -0.686. The van der Waals surface area contributed by atoms with Crippen LogP contribution in [0.1, 0.15) is 115 Å². The number of rotatable bonds is 12. The fourth-order valence-electron chi connectivity index (χ4n) is 8.32. The summed E-state index contributed by atoms with van der Waals surface area (Å²) >= 11 is 0. The average molecular weight is 720 g/mol. The topological polar surface area (TPSA) is 123 Å². The zero-order chi connectivity index (χ0) is 37.9. The molecule has 5 rings (SSSR count). The van der Waals surface area contributed by atoms with E-state index in [-0.39, 0.29) is 36.2 Å². The molecule has 11 nitrogen and oxygen atoms in total. The zero-order valence-corrected chi connectivity index (χ0v) is 32.9. The third-order valence-corrected chi connectivity index (χ3v) is 10.7. The molecule has 1 N–H and O–H groups in total. The molecule has 2 saturated heterocycles. The quantitative estimate of drug-likeness (QED) is 0.181. The maximum atomic E-state index is 14.5. The molecule has 2 aliphatic heterocycles. The summed E-state index contributed by atoms with van der Waals surface area (Å²) < 4.78 is 17.2. The first-order chi connectivity index (χ1) is 24.5. The number of methoxy groups -OCH3 is 1. The summed E-state index contributed by atoms with van der Waals surface area (Å²) in [5.74, 6) is 1.09. The standard InChI is InChI=1S/C41H61N5O6/c1-28(2)20-40(22-32(47)31-23-43-36(38(3,4)5)44-34(31)42-16-13-18-50-9)26-41(40)21-30(24-46(27-41)37(49)52-39(6,7)8)35(48)45-17-19-51-33(25-45)29-14-11-10-12-15-29/h10-12,14-15,23,28,30,33H,13,16-22,24-27H2,1-9H3,(H,42,43,44)/t30-,33?,40?,41?/m1/s1. The van der Waals surface area contributed by atoms with Gasteiger partial charge in [0.15, 0.2) is 5.78 Å². The molecule has 1 aromatic carbocycles. The average Bonchev–Trinajstić information content (AvgIpc) is 3.65. The smallest absolute Gasteiger partial charge is 0.410 e. The molecule has 286 valence electrons. The van der Waals surface area contributed by atoms with Gasteiger partial charge < -0.3 is 29.3 Å². The summed E-state index contributed by atoms with van der Waals surface area (Å²) in [6.07, 6.45) is 4.26. The van der Waals surface area contributed by atoms with Gasteiger partial charge in [0.05, 0.1) is 24.6 Å². The van der Waals surface area contributed by atoms with Crippen LogP contribution in [0, 0.1) is 22.7 Å². The summed E-state index contributed by atoms with van der Waals surface area (Å²) in [5.41, 5.74) is -0.270. The molecular formula is C41H61N5O6. The number of hydrogen-bond acceptors (Lipinski definition) is 9. The normalized spacial score (nSPS) is 25.0. The highest BCUT2D eigenvalue weighted by molar-refractivity contribution is 6.00. The second-order valence-electron chi connectivity index (χ2n) is 17.7. The van der Waals surface area contributed by atoms with E-state index in [0.717, 1.165) is 24.8 Å². The molecule has 3 fully saturated rings. The van der Waals surface area contributed by atoms with Crippen LogP contribution in [0.3, 0.4) is 0 Å². The number of carbonyl (C=O) groups excluding carboxylic acids is 3. The molecular weight excluding hydrogens is 658 g/mol. The Kier molecular flexibility index (Phi) is 12.0. The number of nitrogens with one attached hydrogen (secondary N) is 1. The van der Waals surface area contributed by atoms with Gasteiger partial charge in [-0.15, -0.1) is 0 Å². The number of carbonyl (C=O) groups is 3. The van der Waals surface area contributed by atoms with Gasteiger partial charge in [0.25, 0.3) is 0 Å². The second-order valence-corrected chi connectivity index (χ2v) is 17.7. The Labute approximate surface area is 310 Å². The lowest BCUT2D eigenvalue weighted by Crippen LogP contribution is -2.54. The van der Waals surface area contributed by atoms with Gasteiger partial charge in [0.1, 0.15) is 23.3 Å². The summed E-state index contributed by atoms with van der Waals surface area (Å²) in [4.78, 5) is 55.8. The number of benzene rings is 1. The van der Waals surface area contributed by atoms with E-state index in [0.29, 0.717) is 68.9 Å². The minimum absolute atomic E-state index is 0.0247. The molecule has 2 aromatic rings. The van der Waals surface area contributed by atoms with Crippen molar-refractivity contribution >= 4 is 23.6 Å². The first kappa shape index (κ1) is 39.6. The van der Waals surface area contributed by atoms with E-state index in [1.165, 1.54) is 0 Å². The maximum absolute atomic E-state index is 14.5.